The highest BCUT2D eigenvalue weighted by atomic mass is 32.2. The summed E-state index contributed by atoms with van der Waals surface area (Å²) in [6.07, 6.45) is 7.15. The summed E-state index contributed by atoms with van der Waals surface area (Å²) in [5.74, 6) is 0.325. The van der Waals surface area contributed by atoms with Crippen molar-refractivity contribution in [3.63, 3.8) is 0 Å². The molecule has 1 aromatic rings. The van der Waals surface area contributed by atoms with Crippen LogP contribution < -0.4 is 10.1 Å². The molecular weight excluding hydrogens is 352 g/mol. The Morgan fingerprint density at radius 1 is 1.08 bits per heavy atom. The van der Waals surface area contributed by atoms with Crippen LogP contribution in [0.25, 0.3) is 0 Å². The molecule has 0 unspecified atom stereocenters. The molecule has 1 saturated heterocycles. The van der Waals surface area contributed by atoms with Gasteiger partial charge in [-0.3, -0.25) is 4.79 Å². The Bertz CT molecular complexity index is 651. The highest BCUT2D eigenvalue weighted by Gasteiger charge is 2.24. The fourth-order valence-electron chi connectivity index (χ4n) is 2.94. The summed E-state index contributed by atoms with van der Waals surface area (Å²) in [5, 5.41) is 2.81. The van der Waals surface area contributed by atoms with Gasteiger partial charge in [-0.2, -0.15) is 4.31 Å². The molecule has 1 aliphatic rings. The maximum atomic E-state index is 12.7. The number of carbonyl (C=O) groups is 1. The molecule has 0 bridgehead atoms. The van der Waals surface area contributed by atoms with Crippen molar-refractivity contribution in [3.8, 4) is 5.75 Å². The van der Waals surface area contributed by atoms with Gasteiger partial charge in [0.15, 0.2) is 6.61 Å². The predicted molar refractivity (Wildman–Crippen MR) is 102 cm³/mol. The van der Waals surface area contributed by atoms with Crippen molar-refractivity contribution in [1.29, 1.82) is 0 Å². The number of benzene rings is 1. The van der Waals surface area contributed by atoms with Gasteiger partial charge >= 0.3 is 0 Å². The Morgan fingerprint density at radius 2 is 1.73 bits per heavy atom. The second-order valence-electron chi connectivity index (χ2n) is 6.64. The highest BCUT2D eigenvalue weighted by molar-refractivity contribution is 7.89. The zero-order chi connectivity index (χ0) is 18.8. The van der Waals surface area contributed by atoms with Crippen molar-refractivity contribution in [3.05, 3.63) is 24.3 Å². The van der Waals surface area contributed by atoms with Crippen molar-refractivity contribution in [1.82, 2.24) is 9.62 Å². The summed E-state index contributed by atoms with van der Waals surface area (Å²) in [4.78, 5) is 12.0. The lowest BCUT2D eigenvalue weighted by Gasteiger charge is -2.20. The number of nitrogens with one attached hydrogen (secondary N) is 1. The van der Waals surface area contributed by atoms with Crippen LogP contribution in [-0.2, 0) is 14.8 Å². The number of hydrogen-bond donors (Lipinski definition) is 1. The first-order chi connectivity index (χ1) is 12.5. The molecule has 26 heavy (non-hydrogen) atoms. The molecule has 1 N–H and O–H groups in total. The third-order valence-corrected chi connectivity index (χ3v) is 6.41. The maximum Gasteiger partial charge on any atom is 0.257 e. The first-order valence-corrected chi connectivity index (χ1v) is 11.0. The van der Waals surface area contributed by atoms with E-state index >= 15 is 0 Å². The number of nitrogens with zero attached hydrogens (tertiary/aromatic N) is 1. The first kappa shape index (κ1) is 20.7. The van der Waals surface area contributed by atoms with Gasteiger partial charge in [-0.1, -0.05) is 32.6 Å². The molecule has 2 rings (SSSR count). The van der Waals surface area contributed by atoms with Crippen LogP contribution >= 0.6 is 0 Å². The van der Waals surface area contributed by atoms with E-state index in [0.717, 1.165) is 44.9 Å². The van der Waals surface area contributed by atoms with Crippen molar-refractivity contribution < 1.29 is 17.9 Å². The van der Waals surface area contributed by atoms with E-state index in [-0.39, 0.29) is 17.4 Å². The summed E-state index contributed by atoms with van der Waals surface area (Å²) >= 11 is 0. The second kappa shape index (κ2) is 10.5. The summed E-state index contributed by atoms with van der Waals surface area (Å²) < 4.78 is 32.4. The molecule has 6 nitrogen and oxygen atoms in total. The molecule has 1 fully saturated rings. The second-order valence-corrected chi connectivity index (χ2v) is 8.57. The Morgan fingerprint density at radius 3 is 2.35 bits per heavy atom. The van der Waals surface area contributed by atoms with Gasteiger partial charge < -0.3 is 10.1 Å². The third-order valence-electron chi connectivity index (χ3n) is 4.50. The largest absolute Gasteiger partial charge is 0.484 e. The van der Waals surface area contributed by atoms with Crippen LogP contribution in [0.1, 0.15) is 51.9 Å². The molecule has 0 spiro atoms. The number of ether oxygens (including phenoxy) is 1. The van der Waals surface area contributed by atoms with Crippen LogP contribution in [0.15, 0.2) is 29.2 Å². The van der Waals surface area contributed by atoms with Crippen molar-refractivity contribution in [2.24, 2.45) is 0 Å². The van der Waals surface area contributed by atoms with E-state index in [0.29, 0.717) is 25.4 Å². The summed E-state index contributed by atoms with van der Waals surface area (Å²) in [6.45, 7) is 3.87. The van der Waals surface area contributed by atoms with Crippen LogP contribution in [0, 0.1) is 0 Å². The highest BCUT2D eigenvalue weighted by Crippen LogP contribution is 2.22. The Labute approximate surface area is 157 Å². The lowest BCUT2D eigenvalue weighted by molar-refractivity contribution is -0.123. The molecular formula is C19H30N2O4S. The number of amides is 1. The molecule has 0 saturated carbocycles. The van der Waals surface area contributed by atoms with E-state index < -0.39 is 10.0 Å². The van der Waals surface area contributed by atoms with Crippen molar-refractivity contribution in [2.45, 2.75) is 56.8 Å². The standard InChI is InChI=1S/C19H30N2O4S/c1-2-3-6-13-20-19(22)16-25-17-9-11-18(12-10-17)26(23,24)21-14-7-4-5-8-15-21/h9-12H,2-8,13-16H2,1H3,(H,20,22). The molecule has 7 heteroatoms. The molecule has 1 aliphatic heterocycles. The van der Waals surface area contributed by atoms with Gasteiger partial charge in [0.2, 0.25) is 10.0 Å². The molecule has 1 heterocycles. The van der Waals surface area contributed by atoms with E-state index in [1.165, 1.54) is 0 Å². The minimum Gasteiger partial charge on any atom is -0.484 e. The number of hydrogen-bond acceptors (Lipinski definition) is 4. The Hall–Kier alpha value is -1.60. The maximum absolute atomic E-state index is 12.7. The van der Waals surface area contributed by atoms with E-state index in [4.69, 9.17) is 4.74 Å². The average Bonchev–Trinajstić information content (AvgIpc) is 2.94. The quantitative estimate of drug-likeness (QED) is 0.666. The SMILES string of the molecule is CCCCCNC(=O)COc1ccc(S(=O)(=O)N2CCCCCC2)cc1. The van der Waals surface area contributed by atoms with Gasteiger partial charge in [0.25, 0.3) is 5.91 Å². The Kier molecular flexibility index (Phi) is 8.38. The number of sulfonamides is 1. The predicted octanol–water partition coefficient (Wildman–Crippen LogP) is 2.94. The zero-order valence-electron chi connectivity index (χ0n) is 15.6. The topological polar surface area (TPSA) is 75.7 Å². The van der Waals surface area contributed by atoms with Crippen LogP contribution in [0.2, 0.25) is 0 Å². The van der Waals surface area contributed by atoms with E-state index in [1.54, 1.807) is 28.6 Å². The molecule has 146 valence electrons. The summed E-state index contributed by atoms with van der Waals surface area (Å²) in [5.41, 5.74) is 0. The van der Waals surface area contributed by atoms with Gasteiger partial charge in [-0.15, -0.1) is 0 Å². The molecule has 0 aromatic heterocycles. The monoisotopic (exact) mass is 382 g/mol. The average molecular weight is 383 g/mol. The Balaban J connectivity index is 1.86. The summed E-state index contributed by atoms with van der Waals surface area (Å²) in [6, 6.07) is 6.31. The molecule has 0 radical (unpaired) electrons. The van der Waals surface area contributed by atoms with Gasteiger partial charge in [0, 0.05) is 19.6 Å². The van der Waals surface area contributed by atoms with E-state index in [1.807, 2.05) is 0 Å². The van der Waals surface area contributed by atoms with Crippen molar-refractivity contribution >= 4 is 15.9 Å². The first-order valence-electron chi connectivity index (χ1n) is 9.53. The minimum atomic E-state index is -3.45. The molecule has 1 amide bonds. The minimum absolute atomic E-state index is 0.0651. The lowest BCUT2D eigenvalue weighted by atomic mass is 10.2. The fraction of sp³-hybridized carbons (Fsp3) is 0.632. The smallest absolute Gasteiger partial charge is 0.257 e. The van der Waals surface area contributed by atoms with Gasteiger partial charge in [0.1, 0.15) is 5.75 Å². The van der Waals surface area contributed by atoms with Crippen LogP contribution in [0.4, 0.5) is 0 Å². The number of carbonyl (C=O) groups excluding carboxylic acids is 1. The third kappa shape index (κ3) is 6.29. The normalized spacial score (nSPS) is 16.0. The van der Waals surface area contributed by atoms with Gasteiger partial charge in [-0.05, 0) is 43.5 Å². The fourth-order valence-corrected chi connectivity index (χ4v) is 4.46. The molecule has 0 atom stereocenters. The number of rotatable bonds is 9. The number of unbranched alkanes of at least 4 members (excludes halogenated alkanes) is 2. The van der Waals surface area contributed by atoms with Gasteiger partial charge in [-0.25, -0.2) is 8.42 Å². The van der Waals surface area contributed by atoms with Crippen LogP contribution in [0.5, 0.6) is 5.75 Å². The van der Waals surface area contributed by atoms with Crippen molar-refractivity contribution in [2.75, 3.05) is 26.2 Å². The van der Waals surface area contributed by atoms with Crippen LogP contribution in [-0.4, -0.2) is 44.9 Å². The van der Waals surface area contributed by atoms with Gasteiger partial charge in [0.05, 0.1) is 4.90 Å². The lowest BCUT2D eigenvalue weighted by Crippen LogP contribution is -2.32. The van der Waals surface area contributed by atoms with E-state index in [9.17, 15) is 13.2 Å². The molecule has 1 aromatic carbocycles. The summed E-state index contributed by atoms with van der Waals surface area (Å²) in [7, 11) is -3.45. The van der Waals surface area contributed by atoms with Crippen LogP contribution in [0.3, 0.4) is 0 Å². The molecule has 0 aliphatic carbocycles. The van der Waals surface area contributed by atoms with E-state index in [2.05, 4.69) is 12.2 Å². The zero-order valence-corrected chi connectivity index (χ0v) is 16.4.